The number of rotatable bonds is 4. The number of hydrogen-bond acceptors (Lipinski definition) is 6. The fourth-order valence-electron chi connectivity index (χ4n) is 0.750. The van der Waals surface area contributed by atoms with Gasteiger partial charge in [0, 0.05) is 0 Å². The van der Waals surface area contributed by atoms with Crippen LogP contribution in [0, 0.1) is 0 Å². The normalized spacial score (nSPS) is 17.8. The van der Waals surface area contributed by atoms with Gasteiger partial charge in [0.2, 0.25) is 0 Å². The summed E-state index contributed by atoms with van der Waals surface area (Å²) in [6, 6.07) is 0. The smallest absolute Gasteiger partial charge is 0.467 e. The number of carbonyl (C=O) groups is 2. The molecule has 1 aliphatic heterocycles. The Morgan fingerprint density at radius 2 is 2.43 bits per heavy atom. The van der Waals surface area contributed by atoms with Crippen LogP contribution in [-0.4, -0.2) is 39.1 Å². The summed E-state index contributed by atoms with van der Waals surface area (Å²) in [6.07, 6.45) is 0.803. The summed E-state index contributed by atoms with van der Waals surface area (Å²) >= 11 is 0. The van der Waals surface area contributed by atoms with E-state index in [2.05, 4.69) is 14.2 Å². The van der Waals surface area contributed by atoms with Crippen LogP contribution in [-0.2, 0) is 23.7 Å². The van der Waals surface area contributed by atoms with Crippen molar-refractivity contribution in [3.05, 3.63) is 11.8 Å². The molecule has 14 heavy (non-hydrogen) atoms. The van der Waals surface area contributed by atoms with Gasteiger partial charge in [-0.05, 0) is 6.08 Å². The highest BCUT2D eigenvalue weighted by Gasteiger charge is 2.17. The fraction of sp³-hybridized carbons (Fsp3) is 0.500. The van der Waals surface area contributed by atoms with Gasteiger partial charge < -0.3 is 18.9 Å². The van der Waals surface area contributed by atoms with E-state index < -0.39 is 12.1 Å². The molecule has 0 aromatic carbocycles. The van der Waals surface area contributed by atoms with Crippen LogP contribution in [0.3, 0.4) is 0 Å². The third kappa shape index (κ3) is 3.44. The van der Waals surface area contributed by atoms with Crippen LogP contribution >= 0.6 is 0 Å². The van der Waals surface area contributed by atoms with E-state index in [9.17, 15) is 9.59 Å². The van der Waals surface area contributed by atoms with Crippen LogP contribution in [0.15, 0.2) is 11.8 Å². The standard InChI is InChI=1S/C8H10O6/c1-11-7(9)5-12-3-2-6-4-13-8(10)14-6/h2H,3-5H2,1H3/b6-2-. The molecule has 6 heteroatoms. The van der Waals surface area contributed by atoms with E-state index >= 15 is 0 Å². The van der Waals surface area contributed by atoms with Gasteiger partial charge in [-0.2, -0.15) is 0 Å². The number of ether oxygens (including phenoxy) is 4. The topological polar surface area (TPSA) is 71.1 Å². The first-order valence-corrected chi connectivity index (χ1v) is 3.90. The van der Waals surface area contributed by atoms with Gasteiger partial charge in [0.15, 0.2) is 6.61 Å². The van der Waals surface area contributed by atoms with Crippen molar-refractivity contribution >= 4 is 12.1 Å². The first kappa shape index (κ1) is 10.5. The molecule has 0 spiro atoms. The second-order valence-corrected chi connectivity index (χ2v) is 2.40. The fourth-order valence-corrected chi connectivity index (χ4v) is 0.750. The molecule has 0 unspecified atom stereocenters. The minimum Gasteiger partial charge on any atom is -0.467 e. The molecule has 1 rings (SSSR count). The average Bonchev–Trinajstić information content (AvgIpc) is 2.58. The molecule has 0 aromatic heterocycles. The van der Waals surface area contributed by atoms with Crippen LogP contribution in [0.1, 0.15) is 0 Å². The largest absolute Gasteiger partial charge is 0.514 e. The maximum absolute atomic E-state index is 10.6. The Labute approximate surface area is 80.4 Å². The zero-order chi connectivity index (χ0) is 10.4. The third-order valence-corrected chi connectivity index (χ3v) is 1.42. The highest BCUT2D eigenvalue weighted by Crippen LogP contribution is 2.08. The van der Waals surface area contributed by atoms with Crippen LogP contribution < -0.4 is 0 Å². The van der Waals surface area contributed by atoms with Gasteiger partial charge >= 0.3 is 12.1 Å². The van der Waals surface area contributed by atoms with Crippen LogP contribution in [0.4, 0.5) is 4.79 Å². The van der Waals surface area contributed by atoms with Gasteiger partial charge in [0.25, 0.3) is 0 Å². The summed E-state index contributed by atoms with van der Waals surface area (Å²) in [4.78, 5) is 21.0. The van der Waals surface area contributed by atoms with Crippen molar-refractivity contribution in [3.63, 3.8) is 0 Å². The molecule has 0 N–H and O–H groups in total. The van der Waals surface area contributed by atoms with Crippen molar-refractivity contribution in [3.8, 4) is 0 Å². The number of carbonyl (C=O) groups excluding carboxylic acids is 2. The van der Waals surface area contributed by atoms with E-state index in [-0.39, 0.29) is 19.8 Å². The van der Waals surface area contributed by atoms with Crippen molar-refractivity contribution in [1.29, 1.82) is 0 Å². The van der Waals surface area contributed by atoms with Crippen molar-refractivity contribution in [2.45, 2.75) is 0 Å². The predicted octanol–water partition coefficient (Wildman–Crippen LogP) is 0.227. The van der Waals surface area contributed by atoms with Gasteiger partial charge in [0.05, 0.1) is 13.7 Å². The lowest BCUT2D eigenvalue weighted by atomic mass is 10.5. The molecule has 0 aromatic rings. The Bertz CT molecular complexity index is 257. The van der Waals surface area contributed by atoms with Crippen molar-refractivity contribution in [1.82, 2.24) is 0 Å². The minimum atomic E-state index is -0.718. The summed E-state index contributed by atoms with van der Waals surface area (Å²) in [7, 11) is 1.27. The number of methoxy groups -OCH3 is 1. The molecule has 6 nitrogen and oxygen atoms in total. The lowest BCUT2D eigenvalue weighted by molar-refractivity contribution is -0.145. The molecule has 1 fully saturated rings. The molecule has 0 aliphatic carbocycles. The summed E-state index contributed by atoms with van der Waals surface area (Å²) in [5, 5.41) is 0. The molecule has 0 atom stereocenters. The first-order chi connectivity index (χ1) is 6.72. The zero-order valence-electron chi connectivity index (χ0n) is 7.65. The lowest BCUT2D eigenvalue weighted by Crippen LogP contribution is -2.10. The Morgan fingerprint density at radius 3 is 3.00 bits per heavy atom. The molecular formula is C8H10O6. The summed E-state index contributed by atoms with van der Waals surface area (Å²) in [5.41, 5.74) is 0. The first-order valence-electron chi connectivity index (χ1n) is 3.90. The molecular weight excluding hydrogens is 192 g/mol. The molecule has 1 aliphatic rings. The van der Waals surface area contributed by atoms with E-state index in [4.69, 9.17) is 4.74 Å². The van der Waals surface area contributed by atoms with Crippen molar-refractivity contribution in [2.75, 3.05) is 26.9 Å². The average molecular weight is 202 g/mol. The second kappa shape index (κ2) is 5.23. The predicted molar refractivity (Wildman–Crippen MR) is 43.4 cm³/mol. The quantitative estimate of drug-likeness (QED) is 0.480. The summed E-state index contributed by atoms with van der Waals surface area (Å²) in [6.45, 7) is 0.149. The molecule has 1 heterocycles. The number of hydrogen-bond donors (Lipinski definition) is 0. The highest BCUT2D eigenvalue weighted by molar-refractivity contribution is 5.70. The van der Waals surface area contributed by atoms with Crippen LogP contribution in [0.2, 0.25) is 0 Å². The monoisotopic (exact) mass is 202 g/mol. The maximum atomic E-state index is 10.6. The molecule has 0 bridgehead atoms. The SMILES string of the molecule is COC(=O)COC/C=C1/COC(=O)O1. The van der Waals surface area contributed by atoms with E-state index in [1.165, 1.54) is 13.2 Å². The Morgan fingerprint density at radius 1 is 1.64 bits per heavy atom. The Kier molecular flexibility index (Phi) is 3.93. The Balaban J connectivity index is 2.14. The van der Waals surface area contributed by atoms with E-state index in [0.29, 0.717) is 5.76 Å². The van der Waals surface area contributed by atoms with E-state index in [1.54, 1.807) is 0 Å². The van der Waals surface area contributed by atoms with Crippen LogP contribution in [0.5, 0.6) is 0 Å². The number of esters is 1. The third-order valence-electron chi connectivity index (χ3n) is 1.42. The molecule has 0 amide bonds. The van der Waals surface area contributed by atoms with Crippen molar-refractivity contribution < 1.29 is 28.5 Å². The van der Waals surface area contributed by atoms with E-state index in [0.717, 1.165) is 0 Å². The molecule has 0 saturated carbocycles. The Hall–Kier alpha value is -1.56. The zero-order valence-corrected chi connectivity index (χ0v) is 7.65. The summed E-state index contributed by atoms with van der Waals surface area (Å²) < 4.78 is 18.3. The maximum Gasteiger partial charge on any atom is 0.514 e. The van der Waals surface area contributed by atoms with Gasteiger partial charge in [-0.15, -0.1) is 0 Å². The van der Waals surface area contributed by atoms with Gasteiger partial charge in [0.1, 0.15) is 12.4 Å². The van der Waals surface area contributed by atoms with Crippen molar-refractivity contribution in [2.24, 2.45) is 0 Å². The van der Waals surface area contributed by atoms with Gasteiger partial charge in [-0.3, -0.25) is 0 Å². The number of cyclic esters (lactones) is 2. The van der Waals surface area contributed by atoms with Gasteiger partial charge in [-0.25, -0.2) is 9.59 Å². The van der Waals surface area contributed by atoms with Gasteiger partial charge in [-0.1, -0.05) is 0 Å². The van der Waals surface area contributed by atoms with E-state index in [1.807, 2.05) is 0 Å². The molecule has 1 saturated heterocycles. The molecule has 78 valence electrons. The highest BCUT2D eigenvalue weighted by atomic mass is 16.8. The van der Waals surface area contributed by atoms with Crippen LogP contribution in [0.25, 0.3) is 0 Å². The minimum absolute atomic E-state index is 0.112. The summed E-state index contributed by atoms with van der Waals surface area (Å²) in [5.74, 6) is -0.0667. The molecule has 0 radical (unpaired) electrons. The second-order valence-electron chi connectivity index (χ2n) is 2.40. The lowest BCUT2D eigenvalue weighted by Gasteiger charge is -1.98.